The van der Waals surface area contributed by atoms with Crippen molar-refractivity contribution >= 4 is 23.2 Å². The van der Waals surface area contributed by atoms with Gasteiger partial charge in [-0.15, -0.1) is 0 Å². The van der Waals surface area contributed by atoms with Crippen molar-refractivity contribution in [2.75, 3.05) is 17.2 Å². The van der Waals surface area contributed by atoms with Gasteiger partial charge in [-0.3, -0.25) is 9.59 Å². The first kappa shape index (κ1) is 20.9. The zero-order valence-corrected chi connectivity index (χ0v) is 16.6. The SMILES string of the molecule is CC(=O)Nc1cc(NC(=O)COc2ccc(Oc3ccc(C)cc3)cc2)ccc1F. The summed E-state index contributed by atoms with van der Waals surface area (Å²) in [6.45, 7) is 3.05. The number of anilines is 2. The van der Waals surface area contributed by atoms with E-state index in [0.29, 0.717) is 17.2 Å². The van der Waals surface area contributed by atoms with Crippen molar-refractivity contribution in [1.29, 1.82) is 0 Å². The third-order valence-corrected chi connectivity index (χ3v) is 4.01. The van der Waals surface area contributed by atoms with E-state index in [0.717, 1.165) is 17.4 Å². The molecule has 6 nitrogen and oxygen atoms in total. The summed E-state index contributed by atoms with van der Waals surface area (Å²) in [7, 11) is 0. The summed E-state index contributed by atoms with van der Waals surface area (Å²) in [6, 6.07) is 18.5. The summed E-state index contributed by atoms with van der Waals surface area (Å²) in [5.74, 6) is 0.455. The molecule has 0 spiro atoms. The van der Waals surface area contributed by atoms with Gasteiger partial charge in [-0.2, -0.15) is 0 Å². The largest absolute Gasteiger partial charge is 0.484 e. The number of halogens is 1. The number of carbonyl (C=O) groups excluding carboxylic acids is 2. The van der Waals surface area contributed by atoms with E-state index < -0.39 is 17.6 Å². The molecule has 0 bridgehead atoms. The molecule has 2 amide bonds. The van der Waals surface area contributed by atoms with Crippen LogP contribution in [-0.2, 0) is 9.59 Å². The summed E-state index contributed by atoms with van der Waals surface area (Å²) in [6.07, 6.45) is 0. The second-order valence-corrected chi connectivity index (χ2v) is 6.60. The highest BCUT2D eigenvalue weighted by molar-refractivity contribution is 5.94. The molecule has 0 saturated heterocycles. The highest BCUT2D eigenvalue weighted by Gasteiger charge is 2.09. The Kier molecular flexibility index (Phi) is 6.64. The summed E-state index contributed by atoms with van der Waals surface area (Å²) in [5.41, 5.74) is 1.48. The van der Waals surface area contributed by atoms with Gasteiger partial charge in [0, 0.05) is 12.6 Å². The van der Waals surface area contributed by atoms with Crippen LogP contribution in [0, 0.1) is 12.7 Å². The van der Waals surface area contributed by atoms with Crippen molar-refractivity contribution in [3.05, 3.63) is 78.1 Å². The highest BCUT2D eigenvalue weighted by atomic mass is 19.1. The van der Waals surface area contributed by atoms with Crippen molar-refractivity contribution in [3.8, 4) is 17.2 Å². The zero-order chi connectivity index (χ0) is 21.5. The minimum Gasteiger partial charge on any atom is -0.484 e. The number of amides is 2. The van der Waals surface area contributed by atoms with Crippen LogP contribution in [0.25, 0.3) is 0 Å². The van der Waals surface area contributed by atoms with Crippen LogP contribution in [0.4, 0.5) is 15.8 Å². The third-order valence-electron chi connectivity index (χ3n) is 4.01. The van der Waals surface area contributed by atoms with Crippen LogP contribution in [-0.4, -0.2) is 18.4 Å². The molecule has 3 aromatic rings. The number of hydrogen-bond acceptors (Lipinski definition) is 4. The predicted molar refractivity (Wildman–Crippen MR) is 113 cm³/mol. The third kappa shape index (κ3) is 6.07. The monoisotopic (exact) mass is 408 g/mol. The van der Waals surface area contributed by atoms with Crippen molar-refractivity contribution in [2.45, 2.75) is 13.8 Å². The van der Waals surface area contributed by atoms with Gasteiger partial charge in [-0.05, 0) is 61.5 Å². The molecular weight excluding hydrogens is 387 g/mol. The van der Waals surface area contributed by atoms with E-state index in [-0.39, 0.29) is 12.3 Å². The van der Waals surface area contributed by atoms with Crippen LogP contribution in [0.1, 0.15) is 12.5 Å². The molecule has 2 N–H and O–H groups in total. The zero-order valence-electron chi connectivity index (χ0n) is 16.6. The van der Waals surface area contributed by atoms with Crippen LogP contribution in [0.3, 0.4) is 0 Å². The van der Waals surface area contributed by atoms with E-state index in [9.17, 15) is 14.0 Å². The molecule has 7 heteroatoms. The van der Waals surface area contributed by atoms with E-state index in [1.165, 1.54) is 19.1 Å². The van der Waals surface area contributed by atoms with Crippen LogP contribution in [0.5, 0.6) is 17.2 Å². The lowest BCUT2D eigenvalue weighted by molar-refractivity contribution is -0.118. The number of aryl methyl sites for hydroxylation is 1. The van der Waals surface area contributed by atoms with Gasteiger partial charge in [0.05, 0.1) is 5.69 Å². The molecular formula is C23H21FN2O4. The smallest absolute Gasteiger partial charge is 0.262 e. The van der Waals surface area contributed by atoms with Gasteiger partial charge in [0.25, 0.3) is 5.91 Å². The molecule has 0 aliphatic heterocycles. The molecule has 0 atom stereocenters. The van der Waals surface area contributed by atoms with Gasteiger partial charge in [-0.1, -0.05) is 17.7 Å². The summed E-state index contributed by atoms with van der Waals surface area (Å²) in [4.78, 5) is 23.2. The van der Waals surface area contributed by atoms with Gasteiger partial charge in [0.15, 0.2) is 6.61 Å². The minimum atomic E-state index is -0.590. The van der Waals surface area contributed by atoms with Gasteiger partial charge in [0.1, 0.15) is 23.1 Å². The van der Waals surface area contributed by atoms with Gasteiger partial charge in [-0.25, -0.2) is 4.39 Å². The molecule has 154 valence electrons. The summed E-state index contributed by atoms with van der Waals surface area (Å²) in [5, 5.41) is 4.96. The van der Waals surface area contributed by atoms with Crippen LogP contribution >= 0.6 is 0 Å². The molecule has 0 aliphatic rings. The Morgan fingerprint density at radius 3 is 2.10 bits per heavy atom. The normalized spacial score (nSPS) is 10.2. The molecule has 0 radical (unpaired) electrons. The van der Waals surface area contributed by atoms with Gasteiger partial charge < -0.3 is 20.1 Å². The quantitative estimate of drug-likeness (QED) is 0.583. The predicted octanol–water partition coefficient (Wildman–Crippen LogP) is 4.90. The maximum absolute atomic E-state index is 13.7. The highest BCUT2D eigenvalue weighted by Crippen LogP contribution is 2.24. The lowest BCUT2D eigenvalue weighted by atomic mass is 10.2. The van der Waals surface area contributed by atoms with Gasteiger partial charge in [0.2, 0.25) is 5.91 Å². The Morgan fingerprint density at radius 1 is 0.867 bits per heavy atom. The lowest BCUT2D eigenvalue weighted by Gasteiger charge is -2.10. The minimum absolute atomic E-state index is 0.00890. The van der Waals surface area contributed by atoms with Crippen molar-refractivity contribution in [3.63, 3.8) is 0 Å². The average molecular weight is 408 g/mol. The Morgan fingerprint density at radius 2 is 1.47 bits per heavy atom. The standard InChI is InChI=1S/C23H21FN2O4/c1-15-3-6-19(7-4-15)30-20-10-8-18(9-11-20)29-14-23(28)26-17-5-12-21(24)22(13-17)25-16(2)27/h3-13H,14H2,1-2H3,(H,25,27)(H,26,28). The Balaban J connectivity index is 1.52. The van der Waals surface area contributed by atoms with Crippen LogP contribution in [0.2, 0.25) is 0 Å². The average Bonchev–Trinajstić information content (AvgIpc) is 2.71. The van der Waals surface area contributed by atoms with Crippen LogP contribution in [0.15, 0.2) is 66.7 Å². The first-order chi connectivity index (χ1) is 14.4. The summed E-state index contributed by atoms with van der Waals surface area (Å²) < 4.78 is 24.9. The fraction of sp³-hybridized carbons (Fsp3) is 0.130. The van der Waals surface area contributed by atoms with Gasteiger partial charge >= 0.3 is 0 Å². The first-order valence-electron chi connectivity index (χ1n) is 9.23. The number of carbonyl (C=O) groups is 2. The van der Waals surface area contributed by atoms with Crippen molar-refractivity contribution in [2.24, 2.45) is 0 Å². The Labute approximate surface area is 173 Å². The summed E-state index contributed by atoms with van der Waals surface area (Å²) >= 11 is 0. The molecule has 0 unspecified atom stereocenters. The first-order valence-corrected chi connectivity index (χ1v) is 9.23. The number of nitrogens with one attached hydrogen (secondary N) is 2. The lowest BCUT2D eigenvalue weighted by Crippen LogP contribution is -2.20. The van der Waals surface area contributed by atoms with Crippen molar-refractivity contribution < 1.29 is 23.5 Å². The molecule has 3 rings (SSSR count). The fourth-order valence-corrected chi connectivity index (χ4v) is 2.58. The van der Waals surface area contributed by atoms with E-state index in [1.54, 1.807) is 24.3 Å². The molecule has 0 heterocycles. The second kappa shape index (κ2) is 9.56. The molecule has 3 aromatic carbocycles. The van der Waals surface area contributed by atoms with Crippen molar-refractivity contribution in [1.82, 2.24) is 0 Å². The number of rotatable bonds is 7. The van der Waals surface area contributed by atoms with E-state index in [1.807, 2.05) is 31.2 Å². The topological polar surface area (TPSA) is 76.7 Å². The molecule has 0 aliphatic carbocycles. The number of ether oxygens (including phenoxy) is 2. The number of hydrogen-bond donors (Lipinski definition) is 2. The fourth-order valence-electron chi connectivity index (χ4n) is 2.58. The Hall–Kier alpha value is -3.87. The van der Waals surface area contributed by atoms with E-state index in [4.69, 9.17) is 9.47 Å². The van der Waals surface area contributed by atoms with E-state index in [2.05, 4.69) is 10.6 Å². The maximum atomic E-state index is 13.7. The molecule has 30 heavy (non-hydrogen) atoms. The van der Waals surface area contributed by atoms with Crippen LogP contribution < -0.4 is 20.1 Å². The maximum Gasteiger partial charge on any atom is 0.262 e. The van der Waals surface area contributed by atoms with E-state index >= 15 is 0 Å². The molecule has 0 saturated carbocycles. The number of benzene rings is 3. The molecule has 0 fully saturated rings. The second-order valence-electron chi connectivity index (χ2n) is 6.60. The Bertz CT molecular complexity index is 1030. The molecule has 0 aromatic heterocycles.